The molecule has 1 aromatic carbocycles. The van der Waals surface area contributed by atoms with E-state index in [1.54, 1.807) is 107 Å². The summed E-state index contributed by atoms with van der Waals surface area (Å²) in [7, 11) is 111. The number of nitrogens with two attached hydrogens (primary N) is 2. The van der Waals surface area contributed by atoms with E-state index in [2.05, 4.69) is 41.5 Å². The molecule has 2 rings (SSSR count). The summed E-state index contributed by atoms with van der Waals surface area (Å²) in [6.45, 7) is 12.7. The van der Waals surface area contributed by atoms with Crippen molar-refractivity contribution in [2.24, 2.45) is 5.41 Å². The van der Waals surface area contributed by atoms with E-state index >= 15 is 0 Å². The maximum atomic E-state index is 14.4. The van der Waals surface area contributed by atoms with Gasteiger partial charge in [0.15, 0.2) is 0 Å². The summed E-state index contributed by atoms with van der Waals surface area (Å²) in [5.74, 6) is -0.236. The first-order chi connectivity index (χ1) is 39.9. The van der Waals surface area contributed by atoms with Gasteiger partial charge in [-0.05, 0) is 33.4 Å². The molecule has 0 bridgehead atoms. The van der Waals surface area contributed by atoms with E-state index in [-0.39, 0.29) is 22.1 Å². The summed E-state index contributed by atoms with van der Waals surface area (Å²) in [5, 5.41) is 0. The van der Waals surface area contributed by atoms with Crippen molar-refractivity contribution in [1.29, 1.82) is 0 Å². The Morgan fingerprint density at radius 1 is 0.256 bits per heavy atom. The van der Waals surface area contributed by atoms with E-state index in [9.17, 15) is 4.39 Å². The summed E-state index contributed by atoms with van der Waals surface area (Å²) in [4.78, 5) is 0. The van der Waals surface area contributed by atoms with Crippen LogP contribution in [0.5, 0.6) is 0 Å². The molecular weight excluding hydrogens is 2280 g/mol. The molecule has 1 aliphatic rings. The summed E-state index contributed by atoms with van der Waals surface area (Å²) in [6.07, 6.45) is 0. The summed E-state index contributed by atoms with van der Waals surface area (Å²) in [5.41, 5.74) is 13.8. The van der Waals surface area contributed by atoms with Gasteiger partial charge in [0.05, 0.1) is 11.4 Å². The lowest BCUT2D eigenvalue weighted by molar-refractivity contribution is 0.123. The number of benzene rings is 1. The number of hydrogen-bond acceptors (Lipinski definition) is 4. The van der Waals surface area contributed by atoms with Crippen molar-refractivity contribution >= 4 is 584 Å². The Labute approximate surface area is 662 Å². The van der Waals surface area contributed by atoms with Crippen molar-refractivity contribution in [2.75, 3.05) is 11.5 Å². The van der Waals surface area contributed by atoms with E-state index in [4.69, 9.17) is 33.8 Å². The second-order valence-corrected chi connectivity index (χ2v) is 121. The molecule has 484 valence electrons. The third-order valence-corrected chi connectivity index (χ3v) is 143. The van der Waals surface area contributed by atoms with Gasteiger partial charge in [0.25, 0.3) is 0 Å². The van der Waals surface area contributed by atoms with Crippen molar-refractivity contribution in [3.63, 3.8) is 0 Å². The first-order valence-electron chi connectivity index (χ1n) is 16.8. The average molecular weight is 2300 g/mol. The van der Waals surface area contributed by atoms with E-state index in [0.29, 0.717) is 11.4 Å². The second kappa shape index (κ2) is 68.3. The number of hydrogen-bond donors (Lipinski definition) is 2. The van der Waals surface area contributed by atoms with Gasteiger partial charge >= 0.3 is 0 Å². The molecule has 4 N–H and O–H groups in total. The summed E-state index contributed by atoms with van der Waals surface area (Å²) < 4.78 is 14.4. The fourth-order valence-corrected chi connectivity index (χ4v) is 169. The van der Waals surface area contributed by atoms with Gasteiger partial charge in [-0.3, -0.25) is 0 Å². The molecular formula is C15H23FN2S64. The molecule has 0 amide bonds. The molecule has 0 aromatic heterocycles. The first-order valence-corrected chi connectivity index (χ1v) is 101. The van der Waals surface area contributed by atoms with Crippen molar-refractivity contribution in [3.8, 4) is 0 Å². The van der Waals surface area contributed by atoms with Crippen LogP contribution in [0.25, 0.3) is 0 Å². The van der Waals surface area contributed by atoms with Crippen LogP contribution in [0.4, 0.5) is 15.8 Å². The largest absolute Gasteiger partial charge is 0.397 e. The quantitative estimate of drug-likeness (QED) is 0.392. The minimum atomic E-state index is -0.280. The Hall–Kier alpha value is 12.8. The number of fused-ring (bicyclic) bond motifs is 1. The lowest BCUT2D eigenvalue weighted by Gasteiger charge is -2.44. The van der Waals surface area contributed by atoms with Gasteiger partial charge < -0.3 is 11.5 Å². The highest BCUT2D eigenvalue weighted by molar-refractivity contribution is 8.83. The highest BCUT2D eigenvalue weighted by Crippen LogP contribution is 2.63. The highest BCUT2D eigenvalue weighted by atomic mass is 33.5. The minimum absolute atomic E-state index is 0.106. The van der Waals surface area contributed by atoms with E-state index in [1.807, 2.05) is 426 Å². The Morgan fingerprint density at radius 3 is 0.537 bits per heavy atom. The normalized spacial score (nSPS) is 11.1. The molecule has 82 heavy (non-hydrogen) atoms. The monoisotopic (exact) mass is 2300 g/mol. The van der Waals surface area contributed by atoms with Crippen LogP contribution in [0.2, 0.25) is 0 Å². The number of nitrogen functional groups attached to an aromatic ring is 2. The first kappa shape index (κ1) is 92.8. The van der Waals surface area contributed by atoms with Crippen LogP contribution >= 0.6 is 0 Å². The maximum Gasteiger partial charge on any atom is 0.129 e. The Kier molecular flexibility index (Phi) is 77.3. The summed E-state index contributed by atoms with van der Waals surface area (Å²) in [6, 6.07) is 1.35. The Bertz CT molecular complexity index is 5350. The van der Waals surface area contributed by atoms with Gasteiger partial charge in [-0.15, -0.1) is 0 Å². The third-order valence-electron chi connectivity index (χ3n) is 7.42. The van der Waals surface area contributed by atoms with Crippen LogP contribution < -0.4 is 11.5 Å². The molecule has 2 nitrogen and oxygen atoms in total. The SMILES string of the molecule is CC1(C)c2c(F)cc(N)c(N)c2C(C)(C)C1(C)C.S=S=S=S=S=S=S=S=S=S=S=S=S=S=S=S=S=S=S=S=S=S=S=S=S=S=S=S=S=S=S=S=S=S=S=S=S=S=S=S=S=S=S=S=S=S=S=S=S=S=S=S=S=S=S=S=S=S=S=S=S=S=S=S. The zero-order valence-corrected chi connectivity index (χ0v) is 90.5. The van der Waals surface area contributed by atoms with Gasteiger partial charge in [0, 0.05) is 573 Å². The third kappa shape index (κ3) is 51.1. The number of rotatable bonds is 0. The molecule has 0 aliphatic heterocycles. The van der Waals surface area contributed by atoms with Crippen LogP contribution in [0, 0.1) is 11.2 Å². The van der Waals surface area contributed by atoms with E-state index in [1.165, 1.54) is 23.8 Å². The second-order valence-electron chi connectivity index (χ2n) is 11.2. The predicted molar refractivity (Wildman–Crippen MR) is 546 cm³/mol. The molecule has 0 saturated carbocycles. The van der Waals surface area contributed by atoms with Crippen molar-refractivity contribution < 1.29 is 4.39 Å². The van der Waals surface area contributed by atoms with Gasteiger partial charge in [0.1, 0.15) is 5.82 Å². The molecule has 1 aliphatic carbocycles. The minimum Gasteiger partial charge on any atom is -0.397 e. The van der Waals surface area contributed by atoms with Gasteiger partial charge in [-0.2, -0.15) is 0 Å². The zero-order valence-electron chi connectivity index (χ0n) is 38.2. The van der Waals surface area contributed by atoms with Crippen LogP contribution in [-0.2, 0) is 584 Å². The Morgan fingerprint density at radius 2 is 0.390 bits per heavy atom. The number of halogens is 1. The fraction of sp³-hybridized carbons (Fsp3) is 0.600. The van der Waals surface area contributed by atoms with Crippen molar-refractivity contribution in [3.05, 3.63) is 23.0 Å². The smallest absolute Gasteiger partial charge is 0.129 e. The van der Waals surface area contributed by atoms with E-state index < -0.39 is 0 Å². The van der Waals surface area contributed by atoms with Gasteiger partial charge in [-0.25, -0.2) is 4.39 Å². The van der Waals surface area contributed by atoms with Crippen LogP contribution in [0.15, 0.2) is 6.07 Å². The van der Waals surface area contributed by atoms with Gasteiger partial charge in [-0.1, -0.05) is 41.5 Å². The molecule has 0 atom stereocenters. The van der Waals surface area contributed by atoms with Crippen molar-refractivity contribution in [1.82, 2.24) is 0 Å². The van der Waals surface area contributed by atoms with Crippen LogP contribution in [0.1, 0.15) is 52.7 Å². The lowest BCUT2D eigenvalue weighted by atomic mass is 9.59. The molecule has 0 unspecified atom stereocenters. The molecule has 1 aromatic rings. The molecule has 0 saturated heterocycles. The molecule has 0 spiro atoms. The lowest BCUT2D eigenvalue weighted by Crippen LogP contribution is -2.42. The number of anilines is 2. The molecule has 0 radical (unpaired) electrons. The predicted octanol–water partition coefficient (Wildman–Crippen LogP) is 3.43. The molecule has 0 fully saturated rings. The average Bonchev–Trinajstić information content (AvgIpc) is 3.84. The highest BCUT2D eigenvalue weighted by Gasteiger charge is 2.59. The standard InChI is InChI=1S/C15H23FN2.S64/c1-13(2)10-8(16)7-9(17)12(18)11(10)14(3,4)15(13,5)6;1-3-5-7-9-11-13-15-17-19-21-23-25-27-29-31-33-35-37-39-41-43-45-47-49-51-53-55-57-59-61-63-64-62-60-58-56-54-52-50-48-46-44-42-40-38-36-34-32-30-28-26-24-22-20-18-16-14-12-10-8-6-4-2/h7H,17-18H2,1-6H3;. The fourth-order valence-electron chi connectivity index (χ4n) is 4.03. The van der Waals surface area contributed by atoms with Crippen LogP contribution in [-0.4, -0.2) is 0 Å². The maximum absolute atomic E-state index is 14.4. The van der Waals surface area contributed by atoms with Crippen LogP contribution in [0.3, 0.4) is 0 Å². The van der Waals surface area contributed by atoms with Gasteiger partial charge in [0.2, 0.25) is 0 Å². The Balaban J connectivity index is 0.00000156. The van der Waals surface area contributed by atoms with E-state index in [0.717, 1.165) is 11.1 Å². The van der Waals surface area contributed by atoms with Crippen molar-refractivity contribution in [2.45, 2.75) is 52.4 Å². The molecule has 67 heteroatoms. The summed E-state index contributed by atoms with van der Waals surface area (Å²) >= 11 is 9.64. The zero-order chi connectivity index (χ0) is 59.9. The topological polar surface area (TPSA) is 52.0 Å². The molecule has 0 heterocycles.